The second-order valence-electron chi connectivity index (χ2n) is 7.70. The van der Waals surface area contributed by atoms with Gasteiger partial charge >= 0.3 is 5.97 Å². The van der Waals surface area contributed by atoms with Gasteiger partial charge in [0.25, 0.3) is 5.91 Å². The molecule has 0 unspecified atom stereocenters. The van der Waals surface area contributed by atoms with Crippen LogP contribution in [0.2, 0.25) is 0 Å². The maximum absolute atomic E-state index is 12.7. The van der Waals surface area contributed by atoms with E-state index in [1.165, 1.54) is 22.7 Å². The van der Waals surface area contributed by atoms with Gasteiger partial charge in [-0.2, -0.15) is 4.31 Å². The van der Waals surface area contributed by atoms with Crippen LogP contribution < -0.4 is 5.32 Å². The molecule has 0 saturated heterocycles. The fourth-order valence-corrected chi connectivity index (χ4v) is 4.97. The standard InChI is InChI=1S/C24H28N2O6S/c1-5-26(6-2)33(29,30)20-9-7-8-19(13-20)25-23(27)15-32-24(28)12-18-14-31-22-11-17(4)16(3)10-21(18)22/h7-11,13-14H,5-6,12,15H2,1-4H3,(H,25,27). The average molecular weight is 473 g/mol. The number of carbonyl (C=O) groups excluding carboxylic acids is 2. The number of rotatable bonds is 9. The Kier molecular flexibility index (Phi) is 7.55. The van der Waals surface area contributed by atoms with Crippen molar-refractivity contribution >= 4 is 38.6 Å². The normalized spacial score (nSPS) is 11.7. The summed E-state index contributed by atoms with van der Waals surface area (Å²) in [6, 6.07) is 9.86. The van der Waals surface area contributed by atoms with Gasteiger partial charge in [-0.3, -0.25) is 9.59 Å². The SMILES string of the molecule is CCN(CC)S(=O)(=O)c1cccc(NC(=O)COC(=O)Cc2coc3cc(C)c(C)cc23)c1. The molecule has 0 fully saturated rings. The number of sulfonamides is 1. The van der Waals surface area contributed by atoms with Crippen LogP contribution in [0.15, 0.2) is 52.0 Å². The molecule has 0 atom stereocenters. The van der Waals surface area contributed by atoms with E-state index in [0.29, 0.717) is 29.9 Å². The molecule has 0 aliphatic rings. The Morgan fingerprint density at radius 2 is 1.76 bits per heavy atom. The summed E-state index contributed by atoms with van der Waals surface area (Å²) in [4.78, 5) is 24.6. The molecule has 3 aromatic rings. The van der Waals surface area contributed by atoms with Crippen LogP contribution in [-0.2, 0) is 30.8 Å². The zero-order valence-corrected chi connectivity index (χ0v) is 20.0. The van der Waals surface area contributed by atoms with Gasteiger partial charge in [-0.1, -0.05) is 19.9 Å². The molecule has 0 aliphatic heterocycles. The van der Waals surface area contributed by atoms with Gasteiger partial charge in [0.15, 0.2) is 6.61 Å². The molecule has 8 nitrogen and oxygen atoms in total. The lowest BCUT2D eigenvalue weighted by Crippen LogP contribution is -2.30. The van der Waals surface area contributed by atoms with Crippen molar-refractivity contribution in [1.82, 2.24) is 4.31 Å². The highest BCUT2D eigenvalue weighted by Gasteiger charge is 2.22. The van der Waals surface area contributed by atoms with Crippen molar-refractivity contribution in [2.24, 2.45) is 0 Å². The first kappa shape index (κ1) is 24.5. The summed E-state index contributed by atoms with van der Waals surface area (Å²) in [7, 11) is -3.65. The van der Waals surface area contributed by atoms with E-state index in [9.17, 15) is 18.0 Å². The summed E-state index contributed by atoms with van der Waals surface area (Å²) < 4.78 is 37.3. The molecule has 176 valence electrons. The zero-order valence-electron chi connectivity index (χ0n) is 19.2. The van der Waals surface area contributed by atoms with Crippen LogP contribution in [0.4, 0.5) is 5.69 Å². The van der Waals surface area contributed by atoms with Crippen LogP contribution in [0.25, 0.3) is 11.0 Å². The predicted molar refractivity (Wildman–Crippen MR) is 126 cm³/mol. The molecule has 2 aromatic carbocycles. The van der Waals surface area contributed by atoms with Gasteiger partial charge < -0.3 is 14.5 Å². The van der Waals surface area contributed by atoms with Crippen molar-refractivity contribution in [3.05, 3.63) is 59.4 Å². The number of carbonyl (C=O) groups is 2. The van der Waals surface area contributed by atoms with Crippen molar-refractivity contribution in [2.45, 2.75) is 39.0 Å². The molecular formula is C24H28N2O6S. The molecule has 0 saturated carbocycles. The van der Waals surface area contributed by atoms with Crippen molar-refractivity contribution in [2.75, 3.05) is 25.0 Å². The molecule has 33 heavy (non-hydrogen) atoms. The summed E-state index contributed by atoms with van der Waals surface area (Å²) in [6.07, 6.45) is 1.49. The highest BCUT2D eigenvalue weighted by Crippen LogP contribution is 2.25. The monoisotopic (exact) mass is 472 g/mol. The van der Waals surface area contributed by atoms with Crippen molar-refractivity contribution < 1.29 is 27.2 Å². The Morgan fingerprint density at radius 1 is 1.06 bits per heavy atom. The molecule has 9 heteroatoms. The molecule has 0 bridgehead atoms. The first-order valence-corrected chi connectivity index (χ1v) is 12.1. The minimum Gasteiger partial charge on any atom is -0.464 e. The summed E-state index contributed by atoms with van der Waals surface area (Å²) in [6.45, 7) is 7.69. The summed E-state index contributed by atoms with van der Waals surface area (Å²) >= 11 is 0. The van der Waals surface area contributed by atoms with Gasteiger partial charge in [0.05, 0.1) is 17.6 Å². The van der Waals surface area contributed by atoms with E-state index < -0.39 is 28.5 Å². The van der Waals surface area contributed by atoms with Gasteiger partial charge in [0, 0.05) is 29.7 Å². The van der Waals surface area contributed by atoms with Crippen molar-refractivity contribution in [3.8, 4) is 0 Å². The molecule has 1 N–H and O–H groups in total. The number of hydrogen-bond donors (Lipinski definition) is 1. The van der Waals surface area contributed by atoms with E-state index in [-0.39, 0.29) is 11.3 Å². The third-order valence-electron chi connectivity index (χ3n) is 5.43. The number of hydrogen-bond acceptors (Lipinski definition) is 6. The van der Waals surface area contributed by atoms with E-state index in [0.717, 1.165) is 16.5 Å². The van der Waals surface area contributed by atoms with Gasteiger partial charge in [-0.05, 0) is 55.3 Å². The van der Waals surface area contributed by atoms with Gasteiger partial charge in [0.1, 0.15) is 5.58 Å². The van der Waals surface area contributed by atoms with Crippen molar-refractivity contribution in [3.63, 3.8) is 0 Å². The van der Waals surface area contributed by atoms with Crippen LogP contribution in [0, 0.1) is 13.8 Å². The molecule has 0 radical (unpaired) electrons. The van der Waals surface area contributed by atoms with Crippen LogP contribution in [0.1, 0.15) is 30.5 Å². The number of fused-ring (bicyclic) bond motifs is 1. The van der Waals surface area contributed by atoms with Crippen molar-refractivity contribution in [1.29, 1.82) is 0 Å². The molecular weight excluding hydrogens is 444 g/mol. The number of esters is 1. The largest absolute Gasteiger partial charge is 0.464 e. The number of nitrogens with zero attached hydrogens (tertiary/aromatic N) is 1. The number of amides is 1. The van der Waals surface area contributed by atoms with E-state index in [4.69, 9.17) is 9.15 Å². The van der Waals surface area contributed by atoms with E-state index >= 15 is 0 Å². The first-order chi connectivity index (χ1) is 15.6. The van der Waals surface area contributed by atoms with Gasteiger partial charge in [-0.25, -0.2) is 8.42 Å². The van der Waals surface area contributed by atoms with E-state index in [2.05, 4.69) is 5.32 Å². The van der Waals surface area contributed by atoms with Crippen LogP contribution in [0.5, 0.6) is 0 Å². The third kappa shape index (κ3) is 5.61. The van der Waals surface area contributed by atoms with Crippen LogP contribution in [-0.4, -0.2) is 44.3 Å². The lowest BCUT2D eigenvalue weighted by atomic mass is 10.0. The topological polar surface area (TPSA) is 106 Å². The fraction of sp³-hybridized carbons (Fsp3) is 0.333. The van der Waals surface area contributed by atoms with Crippen LogP contribution in [0.3, 0.4) is 0 Å². The van der Waals surface area contributed by atoms with Crippen LogP contribution >= 0.6 is 0 Å². The smallest absolute Gasteiger partial charge is 0.310 e. The number of furan rings is 1. The minimum absolute atomic E-state index is 0.0274. The Labute approximate surface area is 193 Å². The molecule has 1 aromatic heterocycles. The predicted octanol–water partition coefficient (Wildman–Crippen LogP) is 3.80. The lowest BCUT2D eigenvalue weighted by Gasteiger charge is -2.18. The number of benzene rings is 2. The molecule has 1 heterocycles. The Bertz CT molecular complexity index is 1280. The Balaban J connectivity index is 1.60. The first-order valence-electron chi connectivity index (χ1n) is 10.7. The summed E-state index contributed by atoms with van der Waals surface area (Å²) in [5.41, 5.74) is 3.86. The number of anilines is 1. The minimum atomic E-state index is -3.65. The molecule has 0 spiro atoms. The molecule has 3 rings (SSSR count). The van der Waals surface area contributed by atoms with E-state index in [1.807, 2.05) is 26.0 Å². The molecule has 1 amide bonds. The zero-order chi connectivity index (χ0) is 24.2. The highest BCUT2D eigenvalue weighted by atomic mass is 32.2. The number of ether oxygens (including phenoxy) is 1. The second-order valence-corrected chi connectivity index (χ2v) is 9.63. The average Bonchev–Trinajstić information content (AvgIpc) is 3.14. The number of nitrogens with one attached hydrogen (secondary N) is 1. The summed E-state index contributed by atoms with van der Waals surface area (Å²) in [5, 5.41) is 3.41. The molecule has 0 aliphatic carbocycles. The Morgan fingerprint density at radius 3 is 2.45 bits per heavy atom. The quantitative estimate of drug-likeness (QED) is 0.475. The highest BCUT2D eigenvalue weighted by molar-refractivity contribution is 7.89. The Hall–Kier alpha value is -3.17. The van der Waals surface area contributed by atoms with E-state index in [1.54, 1.807) is 26.0 Å². The van der Waals surface area contributed by atoms with Gasteiger partial charge in [-0.15, -0.1) is 0 Å². The summed E-state index contributed by atoms with van der Waals surface area (Å²) in [5.74, 6) is -1.13. The maximum atomic E-state index is 12.7. The third-order valence-corrected chi connectivity index (χ3v) is 7.48. The van der Waals surface area contributed by atoms with Gasteiger partial charge in [0.2, 0.25) is 10.0 Å². The fourth-order valence-electron chi connectivity index (χ4n) is 3.47. The number of aryl methyl sites for hydroxylation is 2. The lowest BCUT2D eigenvalue weighted by molar-refractivity contribution is -0.146. The maximum Gasteiger partial charge on any atom is 0.310 e. The second kappa shape index (κ2) is 10.2.